The predicted octanol–water partition coefficient (Wildman–Crippen LogP) is 4.23. The minimum atomic E-state index is -0.674. The van der Waals surface area contributed by atoms with Gasteiger partial charge in [0.15, 0.2) is 5.82 Å². The highest BCUT2D eigenvalue weighted by atomic mass is 32.2. The number of ether oxygens (including phenoxy) is 1. The third kappa shape index (κ3) is 9.74. The number of benzene rings is 1. The number of likely N-dealkylation sites (tertiary alicyclic amines) is 1. The second kappa shape index (κ2) is 15.1. The van der Waals surface area contributed by atoms with Crippen LogP contribution in [0.3, 0.4) is 0 Å². The minimum absolute atomic E-state index is 0.107. The van der Waals surface area contributed by atoms with Gasteiger partial charge >= 0.3 is 0 Å². The van der Waals surface area contributed by atoms with Crippen molar-refractivity contribution in [3.05, 3.63) is 54.8 Å². The number of aliphatic hydroxyl groups excluding tert-OH is 1. The number of rotatable bonds is 13. The molecule has 1 aliphatic carbocycles. The molecule has 1 fully saturated rings. The zero-order chi connectivity index (χ0) is 27.5. The van der Waals surface area contributed by atoms with Crippen LogP contribution >= 0.6 is 11.8 Å². The lowest BCUT2D eigenvalue weighted by molar-refractivity contribution is 0.167. The SMILES string of the molecule is CSc1cnc(Nc2ccc(OCCN(C)C)cc2)nc1N=C1C=CCC(NC(O)C=CCN2CCCC2)C1. The topological polar surface area (TPSA) is 98.1 Å². The second-order valence-electron chi connectivity index (χ2n) is 10.1. The van der Waals surface area contributed by atoms with E-state index in [4.69, 9.17) is 14.7 Å². The maximum Gasteiger partial charge on any atom is 0.229 e. The van der Waals surface area contributed by atoms with Gasteiger partial charge in [0, 0.05) is 43.1 Å². The number of hydrogen-bond donors (Lipinski definition) is 3. The van der Waals surface area contributed by atoms with Crippen LogP contribution in [-0.4, -0.2) is 96.0 Å². The van der Waals surface area contributed by atoms with Crippen LogP contribution in [0.4, 0.5) is 17.5 Å². The van der Waals surface area contributed by atoms with Crippen LogP contribution in [0.15, 0.2) is 64.7 Å². The van der Waals surface area contributed by atoms with Crippen LogP contribution in [0.5, 0.6) is 5.75 Å². The van der Waals surface area contributed by atoms with Crippen LogP contribution in [0, 0.1) is 0 Å². The number of aromatic nitrogens is 2. The summed E-state index contributed by atoms with van der Waals surface area (Å²) in [4.78, 5) is 19.5. The molecule has 10 heteroatoms. The lowest BCUT2D eigenvalue weighted by atomic mass is 10.00. The van der Waals surface area contributed by atoms with Crippen molar-refractivity contribution < 1.29 is 9.84 Å². The summed E-state index contributed by atoms with van der Waals surface area (Å²) in [6.45, 7) is 4.70. The number of nitrogens with one attached hydrogen (secondary N) is 2. The van der Waals surface area contributed by atoms with Crippen molar-refractivity contribution in [2.45, 2.75) is 42.8 Å². The van der Waals surface area contributed by atoms with Crippen LogP contribution in [0.2, 0.25) is 0 Å². The van der Waals surface area contributed by atoms with E-state index < -0.39 is 6.23 Å². The first-order valence-electron chi connectivity index (χ1n) is 13.6. The van der Waals surface area contributed by atoms with Gasteiger partial charge in [-0.3, -0.25) is 10.2 Å². The van der Waals surface area contributed by atoms with Gasteiger partial charge in [0.25, 0.3) is 0 Å². The molecule has 0 saturated carbocycles. The van der Waals surface area contributed by atoms with Crippen LogP contribution in [0.1, 0.15) is 25.7 Å². The number of allylic oxidation sites excluding steroid dienone is 1. The number of aliphatic hydroxyl groups is 1. The van der Waals surface area contributed by atoms with Gasteiger partial charge in [-0.1, -0.05) is 12.2 Å². The molecule has 2 aromatic rings. The van der Waals surface area contributed by atoms with Crippen LogP contribution in [0.25, 0.3) is 0 Å². The first-order chi connectivity index (χ1) is 19.0. The molecular weight excluding hydrogens is 510 g/mol. The zero-order valence-corrected chi connectivity index (χ0v) is 24.0. The Kier molecular flexibility index (Phi) is 11.3. The van der Waals surface area contributed by atoms with E-state index in [1.807, 2.05) is 56.8 Å². The molecule has 0 radical (unpaired) electrons. The number of anilines is 2. The largest absolute Gasteiger partial charge is 0.492 e. The highest BCUT2D eigenvalue weighted by Crippen LogP contribution is 2.28. The average Bonchev–Trinajstić information content (AvgIpc) is 3.44. The highest BCUT2D eigenvalue weighted by Gasteiger charge is 2.17. The molecular formula is C29H41N7O2S. The summed E-state index contributed by atoms with van der Waals surface area (Å²) in [6.07, 6.45) is 15.3. The highest BCUT2D eigenvalue weighted by molar-refractivity contribution is 7.98. The summed E-state index contributed by atoms with van der Waals surface area (Å²) in [5, 5.41) is 17.0. The average molecular weight is 552 g/mol. The van der Waals surface area contributed by atoms with Gasteiger partial charge in [-0.05, 0) is 89.1 Å². The van der Waals surface area contributed by atoms with Gasteiger partial charge in [-0.2, -0.15) is 4.98 Å². The fraction of sp³-hybridized carbons (Fsp3) is 0.483. The Morgan fingerprint density at radius 2 is 2.05 bits per heavy atom. The van der Waals surface area contributed by atoms with E-state index >= 15 is 0 Å². The molecule has 1 aromatic carbocycles. The molecule has 210 valence electrons. The summed E-state index contributed by atoms with van der Waals surface area (Å²) in [7, 11) is 4.05. The normalized spacial score (nSPS) is 19.8. The third-order valence-electron chi connectivity index (χ3n) is 6.60. The van der Waals surface area contributed by atoms with Crippen LogP contribution < -0.4 is 15.4 Å². The quantitative estimate of drug-likeness (QED) is 0.192. The number of nitrogens with zero attached hydrogens (tertiary/aromatic N) is 5. The predicted molar refractivity (Wildman–Crippen MR) is 161 cm³/mol. The van der Waals surface area contributed by atoms with Crippen LogP contribution in [-0.2, 0) is 0 Å². The van der Waals surface area contributed by atoms with Gasteiger partial charge in [0.2, 0.25) is 5.95 Å². The van der Waals surface area contributed by atoms with Crippen molar-refractivity contribution in [1.82, 2.24) is 25.1 Å². The van der Waals surface area contributed by atoms with Gasteiger partial charge in [-0.25, -0.2) is 9.98 Å². The smallest absolute Gasteiger partial charge is 0.229 e. The summed E-state index contributed by atoms with van der Waals surface area (Å²) in [6, 6.07) is 7.88. The standard InChI is InChI=1S/C29H41N7O2S/c1-35(2)18-19-38-25-13-11-22(12-14-25)33-29-30-21-26(39-3)28(34-29)32-24-9-6-8-23(20-24)31-27(37)10-7-17-36-15-4-5-16-36/h6-7,9-14,21,23,27,31,37H,4-5,8,15-20H2,1-3H3,(H,30,33,34). The van der Waals surface area contributed by atoms with Crippen molar-refractivity contribution in [3.63, 3.8) is 0 Å². The first kappa shape index (κ1) is 29.2. The Balaban J connectivity index is 1.35. The van der Waals surface area contributed by atoms with Crippen molar-refractivity contribution in [1.29, 1.82) is 0 Å². The fourth-order valence-corrected chi connectivity index (χ4v) is 4.91. The Labute approximate surface area is 236 Å². The monoisotopic (exact) mass is 551 g/mol. The van der Waals surface area contributed by atoms with Crippen molar-refractivity contribution in [2.24, 2.45) is 4.99 Å². The van der Waals surface area contributed by atoms with E-state index in [2.05, 4.69) is 37.6 Å². The maximum atomic E-state index is 10.5. The van der Waals surface area contributed by atoms with Crippen molar-refractivity contribution in [3.8, 4) is 5.75 Å². The van der Waals surface area contributed by atoms with E-state index in [1.165, 1.54) is 12.8 Å². The lowest BCUT2D eigenvalue weighted by Gasteiger charge is -2.23. The van der Waals surface area contributed by atoms with Gasteiger partial charge < -0.3 is 20.1 Å². The first-order valence-corrected chi connectivity index (χ1v) is 14.8. The van der Waals surface area contributed by atoms with Gasteiger partial charge in [0.1, 0.15) is 18.6 Å². The second-order valence-corrected chi connectivity index (χ2v) is 10.9. The molecule has 39 heavy (non-hydrogen) atoms. The Morgan fingerprint density at radius 3 is 2.79 bits per heavy atom. The molecule has 4 rings (SSSR count). The minimum Gasteiger partial charge on any atom is -0.492 e. The number of hydrogen-bond acceptors (Lipinski definition) is 10. The maximum absolute atomic E-state index is 10.5. The molecule has 2 heterocycles. The van der Waals surface area contributed by atoms with E-state index in [-0.39, 0.29) is 6.04 Å². The third-order valence-corrected chi connectivity index (χ3v) is 7.32. The summed E-state index contributed by atoms with van der Waals surface area (Å²) >= 11 is 1.57. The molecule has 2 aliphatic rings. The molecule has 1 saturated heterocycles. The molecule has 1 aromatic heterocycles. The van der Waals surface area contributed by atoms with Crippen molar-refractivity contribution in [2.75, 3.05) is 58.5 Å². The van der Waals surface area contributed by atoms with E-state index in [0.717, 1.165) is 54.6 Å². The van der Waals surface area contributed by atoms with Gasteiger partial charge in [0.05, 0.1) is 4.90 Å². The summed E-state index contributed by atoms with van der Waals surface area (Å²) < 4.78 is 5.77. The van der Waals surface area contributed by atoms with Crippen molar-refractivity contribution >= 4 is 34.9 Å². The Morgan fingerprint density at radius 1 is 1.26 bits per heavy atom. The molecule has 9 nitrogen and oxygen atoms in total. The zero-order valence-electron chi connectivity index (χ0n) is 23.2. The number of likely N-dealkylation sites (N-methyl/N-ethyl adjacent to an activating group) is 1. The van der Waals surface area contributed by atoms with Gasteiger partial charge in [-0.15, -0.1) is 11.8 Å². The molecule has 1 aliphatic heterocycles. The fourth-order valence-electron chi connectivity index (χ4n) is 4.47. The molecule has 0 spiro atoms. The Bertz CT molecular complexity index is 1130. The molecule has 2 atom stereocenters. The summed E-state index contributed by atoms with van der Waals surface area (Å²) in [5.41, 5.74) is 1.80. The Hall–Kier alpha value is -2.76. The molecule has 0 bridgehead atoms. The van der Waals surface area contributed by atoms with E-state index in [1.54, 1.807) is 18.0 Å². The molecule has 2 unspecified atom stereocenters. The van der Waals surface area contributed by atoms with E-state index in [0.29, 0.717) is 24.8 Å². The number of thioether (sulfide) groups is 1. The molecule has 3 N–H and O–H groups in total. The van der Waals surface area contributed by atoms with E-state index in [9.17, 15) is 5.11 Å². The number of aliphatic imine (C=N–C) groups is 1. The molecule has 0 amide bonds. The summed E-state index contributed by atoms with van der Waals surface area (Å²) in [5.74, 6) is 1.95. The lowest BCUT2D eigenvalue weighted by Crippen LogP contribution is -2.39.